The maximum absolute atomic E-state index is 9.17. The number of nitrogens with zero attached hydrogens (tertiary/aromatic N) is 3. The molecule has 0 amide bonds. The number of nitrogens with two attached hydrogens (primary N) is 2. The van der Waals surface area contributed by atoms with Crippen LogP contribution in [0, 0.1) is 27.3 Å². The average molecular weight is 273 g/mol. The Morgan fingerprint density at radius 1 is 1.05 bits per heavy atom. The average Bonchev–Trinajstić information content (AvgIpc) is 2.41. The molecule has 1 aliphatic carbocycles. The van der Waals surface area contributed by atoms with E-state index in [1.807, 2.05) is 12.1 Å². The molecule has 0 atom stereocenters. The fraction of sp³-hybridized carbons (Fsp3) is 0.462. The summed E-state index contributed by atoms with van der Waals surface area (Å²) in [6.45, 7) is 0. The minimum absolute atomic E-state index is 0.0968. The van der Waals surface area contributed by atoms with Gasteiger partial charge in [0.15, 0.2) is 0 Å². The standard InChI is InChI=1S/C13H15N5S/c14-6-9-11(16)10(7-15)13(19)18(12(9)17)8-4-2-1-3-5-8/h8H,1-5,16-17H2. The molecule has 4 N–H and O–H groups in total. The molecule has 98 valence electrons. The molecule has 0 unspecified atom stereocenters. The zero-order valence-electron chi connectivity index (χ0n) is 10.5. The molecule has 0 saturated heterocycles. The lowest BCUT2D eigenvalue weighted by Gasteiger charge is -2.27. The van der Waals surface area contributed by atoms with Crippen molar-refractivity contribution in [1.82, 2.24) is 4.57 Å². The highest BCUT2D eigenvalue weighted by Crippen LogP contribution is 2.34. The largest absolute Gasteiger partial charge is 0.396 e. The fourth-order valence-corrected chi connectivity index (χ4v) is 3.06. The van der Waals surface area contributed by atoms with Crippen molar-refractivity contribution in [1.29, 1.82) is 10.5 Å². The number of pyridine rings is 1. The number of hydrogen-bond donors (Lipinski definition) is 2. The van der Waals surface area contributed by atoms with Crippen LogP contribution in [0.15, 0.2) is 0 Å². The van der Waals surface area contributed by atoms with E-state index in [0.717, 1.165) is 25.7 Å². The lowest BCUT2D eigenvalue weighted by atomic mass is 9.94. The smallest absolute Gasteiger partial charge is 0.127 e. The van der Waals surface area contributed by atoms with Crippen molar-refractivity contribution in [3.63, 3.8) is 0 Å². The third-order valence-electron chi connectivity index (χ3n) is 3.65. The van der Waals surface area contributed by atoms with Crippen LogP contribution in [0.3, 0.4) is 0 Å². The number of aromatic nitrogens is 1. The Morgan fingerprint density at radius 3 is 2.16 bits per heavy atom. The molecule has 0 radical (unpaired) electrons. The molecule has 5 nitrogen and oxygen atoms in total. The van der Waals surface area contributed by atoms with Crippen molar-refractivity contribution in [3.05, 3.63) is 15.8 Å². The van der Waals surface area contributed by atoms with Crippen LogP contribution in [-0.2, 0) is 0 Å². The number of rotatable bonds is 1. The second kappa shape index (κ2) is 5.29. The Labute approximate surface area is 117 Å². The van der Waals surface area contributed by atoms with Gasteiger partial charge in [0.25, 0.3) is 0 Å². The van der Waals surface area contributed by atoms with Crippen molar-refractivity contribution < 1.29 is 0 Å². The monoisotopic (exact) mass is 273 g/mol. The van der Waals surface area contributed by atoms with E-state index in [9.17, 15) is 5.26 Å². The van der Waals surface area contributed by atoms with E-state index in [2.05, 4.69) is 0 Å². The Hall–Kier alpha value is -2.05. The molecule has 1 aromatic rings. The summed E-state index contributed by atoms with van der Waals surface area (Å²) in [5, 5.41) is 18.3. The van der Waals surface area contributed by atoms with Crippen LogP contribution in [0.1, 0.15) is 49.3 Å². The van der Waals surface area contributed by atoms with Crippen LogP contribution in [0.2, 0.25) is 0 Å². The summed E-state index contributed by atoms with van der Waals surface area (Å²) >= 11 is 5.33. The normalized spacial score (nSPS) is 15.7. The van der Waals surface area contributed by atoms with Gasteiger partial charge in [-0.25, -0.2) is 0 Å². The van der Waals surface area contributed by atoms with E-state index in [1.54, 1.807) is 4.57 Å². The van der Waals surface area contributed by atoms with Crippen LogP contribution < -0.4 is 11.5 Å². The van der Waals surface area contributed by atoms with Gasteiger partial charge >= 0.3 is 0 Å². The van der Waals surface area contributed by atoms with Crippen molar-refractivity contribution in [2.45, 2.75) is 38.1 Å². The molecule has 0 aromatic carbocycles. The summed E-state index contributed by atoms with van der Waals surface area (Å²) in [6.07, 6.45) is 5.37. The molecular weight excluding hydrogens is 258 g/mol. The zero-order chi connectivity index (χ0) is 14.0. The fourth-order valence-electron chi connectivity index (χ4n) is 2.66. The zero-order valence-corrected chi connectivity index (χ0v) is 11.3. The van der Waals surface area contributed by atoms with Gasteiger partial charge in [-0.15, -0.1) is 0 Å². The predicted octanol–water partition coefficient (Wildman–Crippen LogP) is 2.63. The van der Waals surface area contributed by atoms with Gasteiger partial charge in [0.05, 0.1) is 5.69 Å². The minimum Gasteiger partial charge on any atom is -0.396 e. The summed E-state index contributed by atoms with van der Waals surface area (Å²) in [6, 6.07) is 4.13. The number of hydrogen-bond acceptors (Lipinski definition) is 5. The number of nitrogen functional groups attached to an aromatic ring is 2. The highest BCUT2D eigenvalue weighted by atomic mass is 32.1. The molecule has 1 fully saturated rings. The lowest BCUT2D eigenvalue weighted by Crippen LogP contribution is -2.20. The molecule has 0 aliphatic heterocycles. The second-order valence-electron chi connectivity index (χ2n) is 4.74. The first-order valence-electron chi connectivity index (χ1n) is 6.25. The summed E-state index contributed by atoms with van der Waals surface area (Å²) in [5.41, 5.74) is 12.3. The van der Waals surface area contributed by atoms with Crippen molar-refractivity contribution >= 4 is 23.7 Å². The summed E-state index contributed by atoms with van der Waals surface area (Å²) < 4.78 is 2.10. The maximum atomic E-state index is 9.17. The first-order chi connectivity index (χ1) is 9.11. The van der Waals surface area contributed by atoms with Crippen molar-refractivity contribution in [3.8, 4) is 12.1 Å². The van der Waals surface area contributed by atoms with Gasteiger partial charge in [0.1, 0.15) is 33.7 Å². The third-order valence-corrected chi connectivity index (χ3v) is 4.05. The van der Waals surface area contributed by atoms with Crippen molar-refractivity contribution in [2.75, 3.05) is 11.5 Å². The Kier molecular flexibility index (Phi) is 3.73. The molecule has 1 aromatic heterocycles. The van der Waals surface area contributed by atoms with Gasteiger partial charge in [0, 0.05) is 6.04 Å². The first kappa shape index (κ1) is 13.4. The van der Waals surface area contributed by atoms with Crippen LogP contribution in [0.25, 0.3) is 0 Å². The Bertz CT molecular complexity index is 641. The topological polar surface area (TPSA) is 105 Å². The predicted molar refractivity (Wildman–Crippen MR) is 75.6 cm³/mol. The van der Waals surface area contributed by atoms with Crippen LogP contribution >= 0.6 is 12.2 Å². The molecule has 0 spiro atoms. The molecule has 19 heavy (non-hydrogen) atoms. The molecule has 1 aliphatic rings. The minimum atomic E-state index is 0.0968. The highest BCUT2D eigenvalue weighted by Gasteiger charge is 2.22. The summed E-state index contributed by atoms with van der Waals surface area (Å²) in [5.74, 6) is 0.288. The Morgan fingerprint density at radius 2 is 1.63 bits per heavy atom. The molecule has 0 bridgehead atoms. The Balaban J connectivity index is 2.70. The maximum Gasteiger partial charge on any atom is 0.127 e. The second-order valence-corrected chi connectivity index (χ2v) is 5.13. The van der Waals surface area contributed by atoms with E-state index in [1.165, 1.54) is 6.42 Å². The van der Waals surface area contributed by atoms with E-state index < -0.39 is 0 Å². The summed E-state index contributed by atoms with van der Waals surface area (Å²) in [4.78, 5) is 0. The van der Waals surface area contributed by atoms with Gasteiger partial charge in [0.2, 0.25) is 0 Å². The van der Waals surface area contributed by atoms with E-state index in [0.29, 0.717) is 4.64 Å². The first-order valence-corrected chi connectivity index (χ1v) is 6.66. The SMILES string of the molecule is N#Cc1c(N)c(C#N)c(=S)n(C2CCCCC2)c1N. The molecule has 1 heterocycles. The molecule has 6 heteroatoms. The number of nitriles is 2. The van der Waals surface area contributed by atoms with Crippen LogP contribution in [-0.4, -0.2) is 4.57 Å². The van der Waals surface area contributed by atoms with E-state index >= 15 is 0 Å². The molecule has 1 saturated carbocycles. The van der Waals surface area contributed by atoms with Gasteiger partial charge in [-0.3, -0.25) is 0 Å². The quantitative estimate of drug-likeness (QED) is 0.765. The van der Waals surface area contributed by atoms with Crippen LogP contribution in [0.5, 0.6) is 0 Å². The highest BCUT2D eigenvalue weighted by molar-refractivity contribution is 7.71. The van der Waals surface area contributed by atoms with Gasteiger partial charge in [-0.1, -0.05) is 31.5 Å². The van der Waals surface area contributed by atoms with Gasteiger partial charge < -0.3 is 16.0 Å². The van der Waals surface area contributed by atoms with Gasteiger partial charge in [-0.2, -0.15) is 10.5 Å². The van der Waals surface area contributed by atoms with E-state index in [4.69, 9.17) is 28.9 Å². The third kappa shape index (κ3) is 2.16. The lowest BCUT2D eigenvalue weighted by molar-refractivity contribution is 0.353. The van der Waals surface area contributed by atoms with Crippen molar-refractivity contribution in [2.24, 2.45) is 0 Å². The molecule has 2 rings (SSSR count). The molecular formula is C13H15N5S. The number of anilines is 2. The van der Waals surface area contributed by atoms with Gasteiger partial charge in [-0.05, 0) is 12.8 Å². The van der Waals surface area contributed by atoms with E-state index in [-0.39, 0.29) is 28.7 Å². The summed E-state index contributed by atoms with van der Waals surface area (Å²) in [7, 11) is 0. The van der Waals surface area contributed by atoms with Crippen LogP contribution in [0.4, 0.5) is 11.5 Å².